The van der Waals surface area contributed by atoms with Gasteiger partial charge in [0, 0.05) is 5.39 Å². The Morgan fingerprint density at radius 2 is 1.89 bits per heavy atom. The van der Waals surface area contributed by atoms with E-state index in [-0.39, 0.29) is 11.9 Å². The summed E-state index contributed by atoms with van der Waals surface area (Å²) in [4.78, 5) is 24.7. The van der Waals surface area contributed by atoms with E-state index in [0.717, 1.165) is 27.7 Å². The van der Waals surface area contributed by atoms with E-state index >= 15 is 0 Å². The smallest absolute Gasteiger partial charge is 0.270 e. The van der Waals surface area contributed by atoms with E-state index in [2.05, 4.69) is 44.7 Å². The van der Waals surface area contributed by atoms with Gasteiger partial charge in [-0.3, -0.25) is 9.79 Å². The highest BCUT2D eigenvalue weighted by molar-refractivity contribution is 6.02. The molecule has 3 N–H and O–H groups in total. The summed E-state index contributed by atoms with van der Waals surface area (Å²) in [5.41, 5.74) is 5.17. The van der Waals surface area contributed by atoms with Crippen LogP contribution in [-0.4, -0.2) is 21.8 Å². The van der Waals surface area contributed by atoms with E-state index in [9.17, 15) is 4.79 Å². The molecule has 27 heavy (non-hydrogen) atoms. The Bertz CT molecular complexity index is 1060. The maximum Gasteiger partial charge on any atom is 0.358 e. The molecule has 0 saturated heterocycles. The van der Waals surface area contributed by atoms with Gasteiger partial charge in [-0.2, -0.15) is 4.98 Å². The van der Waals surface area contributed by atoms with Crippen molar-refractivity contribution in [3.05, 3.63) is 64.8 Å². The molecule has 0 spiro atoms. The van der Waals surface area contributed by atoms with E-state index in [4.69, 9.17) is 0 Å². The molecule has 136 valence electrons. The number of carbonyl (C=O) groups is 1. The normalized spacial score (nSPS) is 16.8. The Balaban J connectivity index is 1.68. The van der Waals surface area contributed by atoms with Crippen molar-refractivity contribution in [1.29, 1.82) is 0 Å². The summed E-state index contributed by atoms with van der Waals surface area (Å²) in [5.74, 6) is 0.918. The summed E-state index contributed by atoms with van der Waals surface area (Å²) in [6.45, 7) is 6.09. The summed E-state index contributed by atoms with van der Waals surface area (Å²) in [7, 11) is 0. The SMILES string of the molecule is Cc1cc(C)c2nc(NC3=[NH+][C@@H](c4ccccc4)CC(=O)N3)nc(C)c2c1. The first-order valence-corrected chi connectivity index (χ1v) is 9.00. The summed E-state index contributed by atoms with van der Waals surface area (Å²) in [6.07, 6.45) is 0.380. The monoisotopic (exact) mass is 360 g/mol. The number of benzene rings is 2. The molecule has 4 rings (SSSR count). The van der Waals surface area contributed by atoms with Crippen molar-refractivity contribution in [2.24, 2.45) is 0 Å². The first-order valence-electron chi connectivity index (χ1n) is 9.00. The number of aryl methyl sites for hydroxylation is 3. The first-order chi connectivity index (χ1) is 13.0. The highest BCUT2D eigenvalue weighted by atomic mass is 16.1. The summed E-state index contributed by atoms with van der Waals surface area (Å²) >= 11 is 0. The summed E-state index contributed by atoms with van der Waals surface area (Å²) < 4.78 is 0. The predicted molar refractivity (Wildman–Crippen MR) is 105 cm³/mol. The standard InChI is InChI=1S/C21H21N5O/c1-12-9-13(2)19-16(10-12)14(3)22-20(25-19)26-21-23-17(11-18(27)24-21)15-7-5-4-6-8-15/h4-10,17H,11H2,1-3H3,(H2,22,23,24,25,26,27)/p+1/t17-/m1/s1. The third kappa shape index (κ3) is 3.51. The average molecular weight is 360 g/mol. The Morgan fingerprint density at radius 1 is 1.11 bits per heavy atom. The quantitative estimate of drug-likeness (QED) is 0.649. The van der Waals surface area contributed by atoms with Crippen molar-refractivity contribution in [2.75, 3.05) is 5.32 Å². The second kappa shape index (κ2) is 6.79. The van der Waals surface area contributed by atoms with E-state index in [0.29, 0.717) is 18.3 Å². The summed E-state index contributed by atoms with van der Waals surface area (Å²) in [5, 5.41) is 7.02. The first kappa shape index (κ1) is 17.1. The number of hydrogen-bond donors (Lipinski definition) is 3. The fourth-order valence-corrected chi connectivity index (χ4v) is 3.49. The number of anilines is 1. The molecule has 6 nitrogen and oxygen atoms in total. The molecule has 0 aliphatic carbocycles. The molecule has 3 aromatic rings. The zero-order valence-electron chi connectivity index (χ0n) is 15.6. The molecule has 0 bridgehead atoms. The van der Waals surface area contributed by atoms with Crippen molar-refractivity contribution in [3.8, 4) is 0 Å². The Hall–Kier alpha value is -3.28. The number of rotatable bonds is 2. The van der Waals surface area contributed by atoms with Gasteiger partial charge in [0.2, 0.25) is 0 Å². The molecular formula is C21H22N5O+. The van der Waals surface area contributed by atoms with Crippen LogP contribution in [0, 0.1) is 20.8 Å². The minimum absolute atomic E-state index is 0.0468. The molecule has 2 aromatic carbocycles. The van der Waals surface area contributed by atoms with E-state index in [1.54, 1.807) is 0 Å². The molecule has 2 heterocycles. The minimum atomic E-state index is -0.0895. The van der Waals surface area contributed by atoms with Gasteiger partial charge < -0.3 is 0 Å². The average Bonchev–Trinajstić information content (AvgIpc) is 2.63. The second-order valence-corrected chi connectivity index (χ2v) is 6.97. The zero-order valence-corrected chi connectivity index (χ0v) is 15.6. The number of amides is 1. The van der Waals surface area contributed by atoms with Crippen molar-refractivity contribution in [2.45, 2.75) is 33.2 Å². The van der Waals surface area contributed by atoms with Crippen LogP contribution in [0.3, 0.4) is 0 Å². The van der Waals surface area contributed by atoms with Gasteiger partial charge in [0.15, 0.2) is 0 Å². The van der Waals surface area contributed by atoms with Crippen molar-refractivity contribution in [3.63, 3.8) is 0 Å². The van der Waals surface area contributed by atoms with Crippen LogP contribution in [0.5, 0.6) is 0 Å². The predicted octanol–water partition coefficient (Wildman–Crippen LogP) is 1.66. The van der Waals surface area contributed by atoms with Crippen LogP contribution in [0.15, 0.2) is 42.5 Å². The van der Waals surface area contributed by atoms with Gasteiger partial charge in [-0.1, -0.05) is 42.0 Å². The lowest BCUT2D eigenvalue weighted by Crippen LogP contribution is -2.82. The lowest BCUT2D eigenvalue weighted by Gasteiger charge is -2.17. The lowest BCUT2D eigenvalue weighted by atomic mass is 10.0. The van der Waals surface area contributed by atoms with Crippen LogP contribution in [0.2, 0.25) is 0 Å². The number of nitrogens with zero attached hydrogens (tertiary/aromatic N) is 2. The number of nitrogens with one attached hydrogen (secondary N) is 3. The lowest BCUT2D eigenvalue weighted by molar-refractivity contribution is -0.513. The van der Waals surface area contributed by atoms with Crippen LogP contribution < -0.4 is 15.6 Å². The van der Waals surface area contributed by atoms with Gasteiger partial charge in [0.1, 0.15) is 6.04 Å². The third-order valence-corrected chi connectivity index (χ3v) is 4.74. The fourth-order valence-electron chi connectivity index (χ4n) is 3.49. The van der Waals surface area contributed by atoms with Crippen LogP contribution >= 0.6 is 0 Å². The number of aromatic nitrogens is 2. The van der Waals surface area contributed by atoms with Crippen LogP contribution in [0.25, 0.3) is 10.9 Å². The Morgan fingerprint density at radius 3 is 2.67 bits per heavy atom. The molecule has 6 heteroatoms. The van der Waals surface area contributed by atoms with Crippen LogP contribution in [0.1, 0.15) is 34.8 Å². The molecule has 0 fully saturated rings. The van der Waals surface area contributed by atoms with Crippen LogP contribution in [0.4, 0.5) is 5.95 Å². The topological polar surface area (TPSA) is 80.9 Å². The molecular weight excluding hydrogens is 338 g/mol. The van der Waals surface area contributed by atoms with E-state index < -0.39 is 0 Å². The van der Waals surface area contributed by atoms with E-state index in [1.807, 2.05) is 44.2 Å². The zero-order chi connectivity index (χ0) is 19.0. The van der Waals surface area contributed by atoms with Gasteiger partial charge in [0.05, 0.1) is 17.6 Å². The highest BCUT2D eigenvalue weighted by Crippen LogP contribution is 2.22. The Labute approximate surface area is 157 Å². The molecule has 0 saturated carbocycles. The molecule has 0 radical (unpaired) electrons. The number of hydrogen-bond acceptors (Lipinski definition) is 4. The highest BCUT2D eigenvalue weighted by Gasteiger charge is 2.27. The van der Waals surface area contributed by atoms with Crippen molar-refractivity contribution >= 4 is 28.7 Å². The van der Waals surface area contributed by atoms with Gasteiger partial charge in [-0.05, 0) is 38.0 Å². The molecule has 0 unspecified atom stereocenters. The summed E-state index contributed by atoms with van der Waals surface area (Å²) in [6, 6.07) is 14.0. The van der Waals surface area contributed by atoms with Crippen molar-refractivity contribution < 1.29 is 9.79 Å². The third-order valence-electron chi connectivity index (χ3n) is 4.74. The number of carbonyl (C=O) groups excluding carboxylic acids is 1. The van der Waals surface area contributed by atoms with Crippen LogP contribution in [-0.2, 0) is 4.79 Å². The molecule has 1 aliphatic heterocycles. The molecule has 1 aromatic heterocycles. The van der Waals surface area contributed by atoms with Gasteiger partial charge in [0.25, 0.3) is 11.9 Å². The van der Waals surface area contributed by atoms with Gasteiger partial charge in [-0.25, -0.2) is 15.6 Å². The Kier molecular flexibility index (Phi) is 4.32. The maximum atomic E-state index is 12.2. The molecule has 1 amide bonds. The number of guanidine groups is 1. The van der Waals surface area contributed by atoms with E-state index in [1.165, 1.54) is 5.56 Å². The number of fused-ring (bicyclic) bond motifs is 1. The van der Waals surface area contributed by atoms with Gasteiger partial charge >= 0.3 is 5.96 Å². The molecule has 1 atom stereocenters. The fraction of sp³-hybridized carbons (Fsp3) is 0.238. The second-order valence-electron chi connectivity index (χ2n) is 6.97. The largest absolute Gasteiger partial charge is 0.358 e. The maximum absolute atomic E-state index is 12.2. The molecule has 1 aliphatic rings. The minimum Gasteiger partial charge on any atom is -0.270 e. The van der Waals surface area contributed by atoms with Gasteiger partial charge in [-0.15, -0.1) is 0 Å². The van der Waals surface area contributed by atoms with Crippen molar-refractivity contribution in [1.82, 2.24) is 15.3 Å².